The average molecular weight is 579 g/mol. The number of hydrazone groups is 1. The minimum Gasteiger partial charge on any atom is -0.489 e. The van der Waals surface area contributed by atoms with Crippen LogP contribution in [-0.2, 0) is 11.4 Å². The van der Waals surface area contributed by atoms with E-state index in [4.69, 9.17) is 25.8 Å². The van der Waals surface area contributed by atoms with Crippen molar-refractivity contribution in [3.8, 4) is 17.2 Å². The molecule has 0 aliphatic rings. The molecule has 42 heavy (non-hydrogen) atoms. The number of benzene rings is 5. The molecular weight excluding hydrogens is 552 g/mol. The molecule has 5 rings (SSSR count). The normalized spacial score (nSPS) is 11.7. The summed E-state index contributed by atoms with van der Waals surface area (Å²) in [7, 11) is 0. The van der Waals surface area contributed by atoms with E-state index < -0.39 is 18.0 Å². The molecule has 1 atom stereocenters. The van der Waals surface area contributed by atoms with E-state index in [-0.39, 0.29) is 16.3 Å². The van der Waals surface area contributed by atoms with Gasteiger partial charge in [-0.05, 0) is 65.7 Å². The number of ether oxygens (including phenoxy) is 3. The Morgan fingerprint density at radius 1 is 0.833 bits per heavy atom. The van der Waals surface area contributed by atoms with Crippen molar-refractivity contribution in [2.24, 2.45) is 5.10 Å². The largest absolute Gasteiger partial charge is 0.489 e. The number of carbonyl (C=O) groups is 2. The fourth-order valence-corrected chi connectivity index (χ4v) is 4.36. The summed E-state index contributed by atoms with van der Waals surface area (Å²) in [5.41, 5.74) is 4.34. The lowest BCUT2D eigenvalue weighted by Gasteiger charge is -2.14. The highest BCUT2D eigenvalue weighted by Crippen LogP contribution is 2.28. The first-order valence-electron chi connectivity index (χ1n) is 13.2. The smallest absolute Gasteiger partial charge is 0.345 e. The van der Waals surface area contributed by atoms with Crippen molar-refractivity contribution < 1.29 is 23.8 Å². The predicted octanol–water partition coefficient (Wildman–Crippen LogP) is 7.21. The molecule has 1 N–H and O–H groups in total. The summed E-state index contributed by atoms with van der Waals surface area (Å²) < 4.78 is 17.3. The molecule has 0 saturated heterocycles. The van der Waals surface area contributed by atoms with Crippen molar-refractivity contribution in [2.75, 3.05) is 0 Å². The molecule has 8 heteroatoms. The summed E-state index contributed by atoms with van der Waals surface area (Å²) >= 11 is 6.18. The van der Waals surface area contributed by atoms with Crippen LogP contribution in [0.4, 0.5) is 0 Å². The van der Waals surface area contributed by atoms with Crippen molar-refractivity contribution >= 4 is 40.5 Å². The standard InChI is InChI=1S/C34H27ClN2O5/c1-23(41-27-18-16-26(17-19-27)40-22-24-9-3-2-4-10-24)33(38)37-36-21-30-28-12-6-5-11-25(28)15-20-32(30)42-34(39)29-13-7-8-14-31(29)35/h2-21,23H,22H2,1H3,(H,37,38)/b36-21-/t23-/m0/s1. The Morgan fingerprint density at radius 2 is 1.52 bits per heavy atom. The number of hydrogen-bond acceptors (Lipinski definition) is 6. The number of amides is 1. The lowest BCUT2D eigenvalue weighted by Crippen LogP contribution is -2.33. The molecule has 0 radical (unpaired) electrons. The zero-order chi connectivity index (χ0) is 29.3. The van der Waals surface area contributed by atoms with Gasteiger partial charge in [0.2, 0.25) is 0 Å². The Balaban J connectivity index is 1.23. The van der Waals surface area contributed by atoms with Gasteiger partial charge in [-0.1, -0.05) is 84.4 Å². The highest BCUT2D eigenvalue weighted by Gasteiger charge is 2.17. The van der Waals surface area contributed by atoms with Crippen LogP contribution >= 0.6 is 11.6 Å². The summed E-state index contributed by atoms with van der Waals surface area (Å²) in [5.74, 6) is 0.416. The van der Waals surface area contributed by atoms with E-state index in [0.29, 0.717) is 23.7 Å². The van der Waals surface area contributed by atoms with E-state index >= 15 is 0 Å². The van der Waals surface area contributed by atoms with E-state index in [0.717, 1.165) is 16.3 Å². The minimum absolute atomic E-state index is 0.241. The van der Waals surface area contributed by atoms with Gasteiger partial charge in [0.25, 0.3) is 5.91 Å². The summed E-state index contributed by atoms with van der Waals surface area (Å²) in [5, 5.41) is 6.13. The molecule has 0 bridgehead atoms. The number of rotatable bonds is 10. The molecule has 0 saturated carbocycles. The molecule has 0 aromatic heterocycles. The second kappa shape index (κ2) is 13.5. The van der Waals surface area contributed by atoms with Crippen LogP contribution < -0.4 is 19.6 Å². The number of hydrogen-bond donors (Lipinski definition) is 1. The zero-order valence-electron chi connectivity index (χ0n) is 22.7. The Labute approximate surface area is 248 Å². The highest BCUT2D eigenvalue weighted by molar-refractivity contribution is 6.33. The third-order valence-electron chi connectivity index (χ3n) is 6.35. The topological polar surface area (TPSA) is 86.2 Å². The summed E-state index contributed by atoms with van der Waals surface area (Å²) in [6.07, 6.45) is 0.615. The van der Waals surface area contributed by atoms with Gasteiger partial charge in [-0.15, -0.1) is 0 Å². The van der Waals surface area contributed by atoms with Gasteiger partial charge in [-0.25, -0.2) is 10.2 Å². The van der Waals surface area contributed by atoms with Crippen molar-refractivity contribution in [3.05, 3.63) is 137 Å². The van der Waals surface area contributed by atoms with Gasteiger partial charge in [0.1, 0.15) is 23.9 Å². The molecule has 0 aliphatic carbocycles. The molecule has 5 aromatic rings. The van der Waals surface area contributed by atoms with Gasteiger partial charge in [0.15, 0.2) is 6.10 Å². The van der Waals surface area contributed by atoms with Gasteiger partial charge in [-0.3, -0.25) is 4.79 Å². The lowest BCUT2D eigenvalue weighted by atomic mass is 10.0. The van der Waals surface area contributed by atoms with E-state index in [1.165, 1.54) is 6.21 Å². The highest BCUT2D eigenvalue weighted by atomic mass is 35.5. The molecule has 0 spiro atoms. The van der Waals surface area contributed by atoms with Crippen LogP contribution in [0.1, 0.15) is 28.4 Å². The van der Waals surface area contributed by atoms with E-state index in [1.807, 2.05) is 60.7 Å². The Hall–Kier alpha value is -5.14. The van der Waals surface area contributed by atoms with Crippen molar-refractivity contribution in [2.45, 2.75) is 19.6 Å². The molecule has 0 unspecified atom stereocenters. The van der Waals surface area contributed by atoms with Gasteiger partial charge in [-0.2, -0.15) is 5.10 Å². The number of carbonyl (C=O) groups excluding carboxylic acids is 2. The lowest BCUT2D eigenvalue weighted by molar-refractivity contribution is -0.127. The maximum Gasteiger partial charge on any atom is 0.345 e. The maximum atomic E-state index is 12.8. The molecule has 7 nitrogen and oxygen atoms in total. The molecule has 0 fully saturated rings. The zero-order valence-corrected chi connectivity index (χ0v) is 23.5. The molecular formula is C34H27ClN2O5. The summed E-state index contributed by atoms with van der Waals surface area (Å²) in [4.78, 5) is 25.6. The number of nitrogens with zero attached hydrogens (tertiary/aromatic N) is 1. The first-order chi connectivity index (χ1) is 20.5. The van der Waals surface area contributed by atoms with E-state index in [9.17, 15) is 9.59 Å². The SMILES string of the molecule is C[C@H](Oc1ccc(OCc2ccccc2)cc1)C(=O)N/N=C\c1c(OC(=O)c2ccccc2Cl)ccc2ccccc12. The van der Waals surface area contributed by atoms with Gasteiger partial charge in [0, 0.05) is 5.56 Å². The molecule has 210 valence electrons. The Bertz CT molecular complexity index is 1720. The second-order valence-electron chi connectivity index (χ2n) is 9.31. The predicted molar refractivity (Wildman–Crippen MR) is 163 cm³/mol. The van der Waals surface area contributed by atoms with Crippen molar-refractivity contribution in [1.82, 2.24) is 5.43 Å². The van der Waals surface area contributed by atoms with E-state index in [2.05, 4.69) is 10.5 Å². The van der Waals surface area contributed by atoms with Crippen LogP contribution in [0, 0.1) is 0 Å². The van der Waals surface area contributed by atoms with Crippen LogP contribution in [0.5, 0.6) is 17.2 Å². The van der Waals surface area contributed by atoms with E-state index in [1.54, 1.807) is 61.5 Å². The number of nitrogens with one attached hydrogen (secondary N) is 1. The average Bonchev–Trinajstić information content (AvgIpc) is 3.02. The first-order valence-corrected chi connectivity index (χ1v) is 13.6. The van der Waals surface area contributed by atoms with Crippen LogP contribution in [0.2, 0.25) is 5.02 Å². The Kier molecular flexibility index (Phi) is 9.11. The van der Waals surface area contributed by atoms with Crippen LogP contribution in [-0.4, -0.2) is 24.2 Å². The van der Waals surface area contributed by atoms with Crippen LogP contribution in [0.3, 0.4) is 0 Å². The molecule has 1 amide bonds. The van der Waals surface area contributed by atoms with Crippen molar-refractivity contribution in [1.29, 1.82) is 0 Å². The van der Waals surface area contributed by atoms with Gasteiger partial charge in [0.05, 0.1) is 16.8 Å². The van der Waals surface area contributed by atoms with Crippen LogP contribution in [0.15, 0.2) is 120 Å². The maximum absolute atomic E-state index is 12.8. The minimum atomic E-state index is -0.830. The fourth-order valence-electron chi connectivity index (χ4n) is 4.14. The molecule has 0 heterocycles. The molecule has 0 aliphatic heterocycles. The molecule has 5 aromatic carbocycles. The second-order valence-corrected chi connectivity index (χ2v) is 9.72. The quantitative estimate of drug-likeness (QED) is 0.0819. The third kappa shape index (κ3) is 7.13. The van der Waals surface area contributed by atoms with Gasteiger partial charge >= 0.3 is 5.97 Å². The monoisotopic (exact) mass is 578 g/mol. The first kappa shape index (κ1) is 28.4. The number of halogens is 1. The summed E-state index contributed by atoms with van der Waals surface area (Å²) in [6, 6.07) is 34.7. The summed E-state index contributed by atoms with van der Waals surface area (Å²) in [6.45, 7) is 2.08. The van der Waals surface area contributed by atoms with Gasteiger partial charge < -0.3 is 14.2 Å². The number of esters is 1. The van der Waals surface area contributed by atoms with Crippen molar-refractivity contribution in [3.63, 3.8) is 0 Å². The van der Waals surface area contributed by atoms with Crippen LogP contribution in [0.25, 0.3) is 10.8 Å². The number of fused-ring (bicyclic) bond motifs is 1. The fraction of sp³-hybridized carbons (Fsp3) is 0.0882. The Morgan fingerprint density at radius 3 is 2.31 bits per heavy atom. The third-order valence-corrected chi connectivity index (χ3v) is 6.68.